The molecule has 3 aliphatic heterocycles. The molecule has 6 unspecified atom stereocenters. The summed E-state index contributed by atoms with van der Waals surface area (Å²) >= 11 is 0. The Labute approximate surface area is 121 Å². The fourth-order valence-electron chi connectivity index (χ4n) is 3.21. The zero-order chi connectivity index (χ0) is 15.1. The number of ether oxygens (including phenoxy) is 4. The van der Waals surface area contributed by atoms with Crippen molar-refractivity contribution in [3.8, 4) is 0 Å². The van der Waals surface area contributed by atoms with Crippen LogP contribution in [0.3, 0.4) is 0 Å². The van der Waals surface area contributed by atoms with E-state index in [0.29, 0.717) is 5.76 Å². The number of esters is 2. The van der Waals surface area contributed by atoms with Gasteiger partial charge in [-0.15, -0.1) is 0 Å². The lowest BCUT2D eigenvalue weighted by Crippen LogP contribution is -2.45. The summed E-state index contributed by atoms with van der Waals surface area (Å²) in [6, 6.07) is 0. The zero-order valence-corrected chi connectivity index (χ0v) is 11.3. The molecule has 0 amide bonds. The van der Waals surface area contributed by atoms with Gasteiger partial charge >= 0.3 is 11.9 Å². The highest BCUT2D eigenvalue weighted by molar-refractivity contribution is 5.81. The molecule has 0 radical (unpaired) electrons. The van der Waals surface area contributed by atoms with Crippen LogP contribution in [0.1, 0.15) is 0 Å². The average Bonchev–Trinajstić information content (AvgIpc) is 3.07. The number of aliphatic hydroxyl groups excluding tert-OH is 1. The molecule has 3 heterocycles. The minimum atomic E-state index is -0.860. The van der Waals surface area contributed by atoms with E-state index in [4.69, 9.17) is 18.9 Å². The Hall–Kier alpha value is -1.86. The Balaban J connectivity index is 1.57. The number of fused-ring (bicyclic) bond motifs is 1. The second-order valence-electron chi connectivity index (χ2n) is 5.20. The molecule has 7 nitrogen and oxygen atoms in total. The molecule has 0 saturated carbocycles. The molecule has 3 rings (SSSR count). The van der Waals surface area contributed by atoms with Gasteiger partial charge in [0.05, 0.1) is 17.6 Å². The first-order valence-electron chi connectivity index (χ1n) is 6.69. The van der Waals surface area contributed by atoms with E-state index in [9.17, 15) is 14.7 Å². The number of rotatable bonds is 5. The van der Waals surface area contributed by atoms with E-state index in [1.54, 1.807) is 0 Å². The summed E-state index contributed by atoms with van der Waals surface area (Å²) < 4.78 is 20.8. The van der Waals surface area contributed by atoms with E-state index >= 15 is 0 Å². The summed E-state index contributed by atoms with van der Waals surface area (Å²) in [5.41, 5.74) is 0. The molecule has 3 saturated heterocycles. The Morgan fingerprint density at radius 1 is 1.24 bits per heavy atom. The SMILES string of the molecule is C=CC(=O)OCCOC(=O)C1C2OC3C(OC(=C)C31)C2O. The molecule has 0 aromatic heterocycles. The van der Waals surface area contributed by atoms with Crippen LogP contribution in [0.25, 0.3) is 0 Å². The van der Waals surface area contributed by atoms with Gasteiger partial charge in [0.1, 0.15) is 31.5 Å². The van der Waals surface area contributed by atoms with E-state index in [0.717, 1.165) is 6.08 Å². The topological polar surface area (TPSA) is 91.3 Å². The highest BCUT2D eigenvalue weighted by atomic mass is 16.6. The van der Waals surface area contributed by atoms with Gasteiger partial charge in [-0.05, 0) is 0 Å². The number of aliphatic hydroxyl groups is 1. The molecule has 3 aliphatic rings. The third-order valence-electron chi connectivity index (χ3n) is 4.08. The van der Waals surface area contributed by atoms with Gasteiger partial charge in [0.25, 0.3) is 0 Å². The minimum Gasteiger partial charge on any atom is -0.489 e. The fraction of sp³-hybridized carbons (Fsp3) is 0.571. The lowest BCUT2D eigenvalue weighted by molar-refractivity contribution is -0.157. The van der Waals surface area contributed by atoms with Gasteiger partial charge in [0.15, 0.2) is 6.10 Å². The number of hydrogen-bond donors (Lipinski definition) is 1. The normalized spacial score (nSPS) is 39.0. The summed E-state index contributed by atoms with van der Waals surface area (Å²) in [5.74, 6) is -1.56. The maximum Gasteiger partial charge on any atom is 0.330 e. The van der Waals surface area contributed by atoms with E-state index in [1.807, 2.05) is 0 Å². The number of carbonyl (C=O) groups excluding carboxylic acids is 2. The summed E-state index contributed by atoms with van der Waals surface area (Å²) in [6.07, 6.45) is -1.24. The molecule has 7 heteroatoms. The summed E-state index contributed by atoms with van der Waals surface area (Å²) in [7, 11) is 0. The van der Waals surface area contributed by atoms with Crippen molar-refractivity contribution in [3.63, 3.8) is 0 Å². The first-order valence-corrected chi connectivity index (χ1v) is 6.69. The summed E-state index contributed by atoms with van der Waals surface area (Å²) in [4.78, 5) is 23.0. The molecular weight excluding hydrogens is 280 g/mol. The third-order valence-corrected chi connectivity index (χ3v) is 4.08. The van der Waals surface area contributed by atoms with Crippen molar-refractivity contribution in [2.24, 2.45) is 11.8 Å². The largest absolute Gasteiger partial charge is 0.489 e. The lowest BCUT2D eigenvalue weighted by atomic mass is 9.78. The minimum absolute atomic E-state index is 0.0500. The average molecular weight is 296 g/mol. The molecule has 2 bridgehead atoms. The van der Waals surface area contributed by atoms with Crippen molar-refractivity contribution in [2.75, 3.05) is 13.2 Å². The van der Waals surface area contributed by atoms with Gasteiger partial charge in [-0.3, -0.25) is 4.79 Å². The standard InChI is InChI=1S/C14H16O7/c1-3-7(15)18-4-5-19-14(17)9-8-6(2)20-13-10(16)11(9)21-12(8)13/h3,8-13,16H,1-2,4-5H2. The summed E-state index contributed by atoms with van der Waals surface area (Å²) in [5, 5.41) is 10.0. The highest BCUT2D eigenvalue weighted by Crippen LogP contribution is 2.53. The molecule has 0 spiro atoms. The Kier molecular flexibility index (Phi) is 3.46. The number of hydrogen-bond acceptors (Lipinski definition) is 7. The predicted molar refractivity (Wildman–Crippen MR) is 67.8 cm³/mol. The van der Waals surface area contributed by atoms with E-state index in [1.165, 1.54) is 0 Å². The van der Waals surface area contributed by atoms with Gasteiger partial charge < -0.3 is 24.1 Å². The molecule has 0 aromatic rings. The van der Waals surface area contributed by atoms with Crippen LogP contribution in [0.4, 0.5) is 0 Å². The van der Waals surface area contributed by atoms with Crippen molar-refractivity contribution in [3.05, 3.63) is 25.0 Å². The smallest absolute Gasteiger partial charge is 0.330 e. The lowest BCUT2D eigenvalue weighted by Gasteiger charge is -2.24. The van der Waals surface area contributed by atoms with E-state index in [2.05, 4.69) is 13.2 Å². The van der Waals surface area contributed by atoms with Crippen LogP contribution in [-0.2, 0) is 28.5 Å². The molecule has 3 fully saturated rings. The van der Waals surface area contributed by atoms with Crippen LogP contribution in [0, 0.1) is 11.8 Å². The van der Waals surface area contributed by atoms with Crippen LogP contribution >= 0.6 is 0 Å². The van der Waals surface area contributed by atoms with Crippen molar-refractivity contribution in [2.45, 2.75) is 24.4 Å². The number of carbonyl (C=O) groups is 2. The molecule has 21 heavy (non-hydrogen) atoms. The van der Waals surface area contributed by atoms with Crippen LogP contribution in [0.5, 0.6) is 0 Å². The Morgan fingerprint density at radius 2 is 1.95 bits per heavy atom. The van der Waals surface area contributed by atoms with Gasteiger partial charge in [-0.1, -0.05) is 13.2 Å². The Bertz CT molecular complexity index is 500. The zero-order valence-electron chi connectivity index (χ0n) is 11.3. The second kappa shape index (κ2) is 5.16. The van der Waals surface area contributed by atoms with Crippen molar-refractivity contribution in [1.29, 1.82) is 0 Å². The van der Waals surface area contributed by atoms with Gasteiger partial charge in [0.2, 0.25) is 0 Å². The van der Waals surface area contributed by atoms with Crippen LogP contribution < -0.4 is 0 Å². The van der Waals surface area contributed by atoms with Crippen molar-refractivity contribution >= 4 is 11.9 Å². The van der Waals surface area contributed by atoms with Gasteiger partial charge in [-0.25, -0.2) is 4.79 Å². The van der Waals surface area contributed by atoms with Crippen LogP contribution in [0.2, 0.25) is 0 Å². The van der Waals surface area contributed by atoms with Crippen LogP contribution in [-0.4, -0.2) is 54.7 Å². The summed E-state index contributed by atoms with van der Waals surface area (Å²) in [6.45, 7) is 6.91. The maximum absolute atomic E-state index is 12.2. The maximum atomic E-state index is 12.2. The Morgan fingerprint density at radius 3 is 2.67 bits per heavy atom. The fourth-order valence-corrected chi connectivity index (χ4v) is 3.21. The molecule has 114 valence electrons. The molecule has 0 aliphatic carbocycles. The first kappa shape index (κ1) is 14.1. The van der Waals surface area contributed by atoms with E-state index < -0.39 is 36.2 Å². The highest BCUT2D eigenvalue weighted by Gasteiger charge is 2.68. The van der Waals surface area contributed by atoms with Gasteiger partial charge in [-0.2, -0.15) is 0 Å². The monoisotopic (exact) mass is 296 g/mol. The third kappa shape index (κ3) is 2.13. The predicted octanol–water partition coefficient (Wildman–Crippen LogP) is -0.454. The molecule has 1 N–H and O–H groups in total. The second-order valence-corrected chi connectivity index (χ2v) is 5.20. The van der Waals surface area contributed by atoms with Crippen molar-refractivity contribution < 1.29 is 33.6 Å². The molecule has 0 aromatic carbocycles. The molecule has 6 atom stereocenters. The first-order chi connectivity index (χ1) is 10.0. The van der Waals surface area contributed by atoms with Crippen LogP contribution in [0.15, 0.2) is 25.0 Å². The molecular formula is C14H16O7. The van der Waals surface area contributed by atoms with Gasteiger partial charge in [0, 0.05) is 6.08 Å². The van der Waals surface area contributed by atoms with Crippen molar-refractivity contribution in [1.82, 2.24) is 0 Å². The quantitative estimate of drug-likeness (QED) is 0.417. The van der Waals surface area contributed by atoms with E-state index in [-0.39, 0.29) is 25.2 Å².